The molecule has 0 bridgehead atoms. The summed E-state index contributed by atoms with van der Waals surface area (Å²) in [5.41, 5.74) is -0.518. The largest absolute Gasteiger partial charge is 0.433 e. The third-order valence-electron chi connectivity index (χ3n) is 3.12. The molecule has 1 aromatic heterocycles. The van der Waals surface area contributed by atoms with Crippen molar-refractivity contribution in [3.05, 3.63) is 38.6 Å². The van der Waals surface area contributed by atoms with Crippen LogP contribution in [0.3, 0.4) is 0 Å². The zero-order valence-electron chi connectivity index (χ0n) is 11.6. The fourth-order valence-corrected chi connectivity index (χ4v) is 2.76. The fourth-order valence-electron chi connectivity index (χ4n) is 1.86. The van der Waals surface area contributed by atoms with E-state index >= 15 is 0 Å². The lowest BCUT2D eigenvalue weighted by Crippen LogP contribution is -2.14. The highest BCUT2D eigenvalue weighted by molar-refractivity contribution is 14.1. The first kappa shape index (κ1) is 16.6. The molecule has 0 amide bonds. The molecule has 2 N–H and O–H groups in total. The summed E-state index contributed by atoms with van der Waals surface area (Å²) in [5, 5.41) is 6.10. The third kappa shape index (κ3) is 4.37. The van der Waals surface area contributed by atoms with Crippen LogP contribution in [0.15, 0.2) is 24.3 Å². The van der Waals surface area contributed by atoms with E-state index in [1.807, 2.05) is 0 Å². The second-order valence-corrected chi connectivity index (χ2v) is 6.78. The summed E-state index contributed by atoms with van der Waals surface area (Å²) >= 11 is 8.19. The first-order valence-corrected chi connectivity index (χ1v) is 8.22. The summed E-state index contributed by atoms with van der Waals surface area (Å²) in [4.78, 5) is 7.63. The molecule has 1 fully saturated rings. The van der Waals surface area contributed by atoms with Gasteiger partial charge in [-0.1, -0.05) is 11.6 Å². The third-order valence-corrected chi connectivity index (χ3v) is 4.10. The van der Waals surface area contributed by atoms with Gasteiger partial charge in [-0.3, -0.25) is 0 Å². The summed E-state index contributed by atoms with van der Waals surface area (Å²) in [6, 6.07) is 6.21. The van der Waals surface area contributed by atoms with Gasteiger partial charge in [-0.15, -0.1) is 0 Å². The maximum absolute atomic E-state index is 13.0. The van der Waals surface area contributed by atoms with Crippen LogP contribution < -0.4 is 10.6 Å². The number of hydrogen-bond donors (Lipinski definition) is 2. The molecule has 1 heterocycles. The Hall–Kier alpha value is -1.29. The average molecular weight is 455 g/mol. The van der Waals surface area contributed by atoms with Crippen molar-refractivity contribution >= 4 is 51.6 Å². The van der Waals surface area contributed by atoms with Crippen molar-refractivity contribution in [2.45, 2.75) is 25.1 Å². The smallest absolute Gasteiger partial charge is 0.351 e. The van der Waals surface area contributed by atoms with Crippen LogP contribution in [-0.2, 0) is 6.18 Å². The minimum Gasteiger partial charge on any atom is -0.351 e. The van der Waals surface area contributed by atoms with Crippen LogP contribution in [0, 0.1) is 3.57 Å². The molecule has 122 valence electrons. The molecule has 0 spiro atoms. The quantitative estimate of drug-likeness (QED) is 0.633. The number of nitrogens with zero attached hydrogens (tertiary/aromatic N) is 2. The lowest BCUT2D eigenvalue weighted by atomic mass is 10.3. The highest BCUT2D eigenvalue weighted by Gasteiger charge is 2.34. The number of nitrogens with one attached hydrogen (secondary N) is 2. The first-order valence-electron chi connectivity index (χ1n) is 6.76. The zero-order valence-corrected chi connectivity index (χ0v) is 14.5. The predicted octanol–water partition coefficient (Wildman–Crippen LogP) is 5.07. The maximum Gasteiger partial charge on any atom is 0.433 e. The molecule has 0 saturated heterocycles. The number of aromatic nitrogens is 2. The number of hydrogen-bond acceptors (Lipinski definition) is 4. The summed E-state index contributed by atoms with van der Waals surface area (Å²) < 4.78 is 39.9. The van der Waals surface area contributed by atoms with Gasteiger partial charge in [-0.25, -0.2) is 4.98 Å². The van der Waals surface area contributed by atoms with Gasteiger partial charge in [0, 0.05) is 15.7 Å². The fraction of sp³-hybridized carbons (Fsp3) is 0.286. The van der Waals surface area contributed by atoms with E-state index in [4.69, 9.17) is 11.6 Å². The number of anilines is 3. The summed E-state index contributed by atoms with van der Waals surface area (Å²) in [6.07, 6.45) is -2.73. The molecule has 1 aromatic carbocycles. The zero-order chi connectivity index (χ0) is 16.6. The lowest BCUT2D eigenvalue weighted by Gasteiger charge is -2.13. The second kappa shape index (κ2) is 6.31. The van der Waals surface area contributed by atoms with Crippen LogP contribution in [0.25, 0.3) is 0 Å². The Morgan fingerprint density at radius 2 is 1.91 bits per heavy atom. The molecule has 1 saturated carbocycles. The van der Waals surface area contributed by atoms with Crippen molar-refractivity contribution in [3.63, 3.8) is 0 Å². The molecule has 2 aromatic rings. The standard InChI is InChI=1S/C14H11ClF3IN4/c15-9-5-7(19)1-4-10(9)21-12-6-11(14(16,17)18)22-13(23-12)20-8-2-3-8/h1,4-6,8H,2-3H2,(H2,20,21,22,23). The molecular weight excluding hydrogens is 444 g/mol. The van der Waals surface area contributed by atoms with Crippen molar-refractivity contribution in [1.29, 1.82) is 0 Å². The average Bonchev–Trinajstić information content (AvgIpc) is 3.25. The van der Waals surface area contributed by atoms with Crippen molar-refractivity contribution in [1.82, 2.24) is 9.97 Å². The van der Waals surface area contributed by atoms with Crippen molar-refractivity contribution < 1.29 is 13.2 Å². The van der Waals surface area contributed by atoms with Crippen molar-refractivity contribution in [2.24, 2.45) is 0 Å². The van der Waals surface area contributed by atoms with E-state index < -0.39 is 11.9 Å². The monoisotopic (exact) mass is 454 g/mol. The molecular formula is C14H11ClF3IN4. The molecule has 0 unspecified atom stereocenters. The number of rotatable bonds is 4. The van der Waals surface area contributed by atoms with Crippen molar-refractivity contribution in [2.75, 3.05) is 10.6 Å². The molecule has 3 rings (SSSR count). The van der Waals surface area contributed by atoms with Gasteiger partial charge in [-0.05, 0) is 53.6 Å². The lowest BCUT2D eigenvalue weighted by molar-refractivity contribution is -0.141. The maximum atomic E-state index is 13.0. The molecule has 1 aliphatic rings. The normalized spacial score (nSPS) is 14.7. The van der Waals surface area contributed by atoms with E-state index in [1.54, 1.807) is 18.2 Å². The Kier molecular flexibility index (Phi) is 4.54. The van der Waals surface area contributed by atoms with Crippen LogP contribution in [0.1, 0.15) is 18.5 Å². The van der Waals surface area contributed by atoms with Crippen LogP contribution in [-0.4, -0.2) is 16.0 Å². The van der Waals surface area contributed by atoms with Crippen LogP contribution >= 0.6 is 34.2 Å². The van der Waals surface area contributed by atoms with Gasteiger partial charge in [0.2, 0.25) is 5.95 Å². The Morgan fingerprint density at radius 3 is 2.52 bits per heavy atom. The topological polar surface area (TPSA) is 49.8 Å². The first-order chi connectivity index (χ1) is 10.8. The summed E-state index contributed by atoms with van der Waals surface area (Å²) in [7, 11) is 0. The van der Waals surface area contributed by atoms with Gasteiger partial charge >= 0.3 is 6.18 Å². The van der Waals surface area contributed by atoms with Gasteiger partial charge in [0.15, 0.2) is 5.69 Å². The Morgan fingerprint density at radius 1 is 1.17 bits per heavy atom. The Balaban J connectivity index is 1.93. The van der Waals surface area contributed by atoms with Crippen molar-refractivity contribution in [3.8, 4) is 0 Å². The molecule has 0 atom stereocenters. The van der Waals surface area contributed by atoms with Crippen LogP contribution in [0.2, 0.25) is 5.02 Å². The van der Waals surface area contributed by atoms with E-state index in [2.05, 4.69) is 43.2 Å². The number of halogens is 5. The van der Waals surface area contributed by atoms with E-state index in [1.165, 1.54) is 0 Å². The summed E-state index contributed by atoms with van der Waals surface area (Å²) in [5.74, 6) is 0.00467. The van der Waals surface area contributed by atoms with Gasteiger partial charge in [0.05, 0.1) is 10.7 Å². The van der Waals surface area contributed by atoms with Gasteiger partial charge < -0.3 is 10.6 Å². The van der Waals surface area contributed by atoms with Gasteiger partial charge in [-0.2, -0.15) is 18.2 Å². The van der Waals surface area contributed by atoms with Crippen LogP contribution in [0.5, 0.6) is 0 Å². The highest BCUT2D eigenvalue weighted by Crippen LogP contribution is 2.33. The number of alkyl halides is 3. The minimum absolute atomic E-state index is 0.0357. The molecule has 9 heteroatoms. The van der Waals surface area contributed by atoms with Gasteiger partial charge in [0.1, 0.15) is 5.82 Å². The summed E-state index contributed by atoms with van der Waals surface area (Å²) in [6.45, 7) is 0. The number of benzene rings is 1. The molecule has 0 radical (unpaired) electrons. The highest BCUT2D eigenvalue weighted by atomic mass is 127. The van der Waals surface area contributed by atoms with E-state index in [-0.39, 0.29) is 17.8 Å². The van der Waals surface area contributed by atoms with E-state index in [0.717, 1.165) is 22.5 Å². The molecule has 4 nitrogen and oxygen atoms in total. The van der Waals surface area contributed by atoms with Gasteiger partial charge in [0.25, 0.3) is 0 Å². The second-order valence-electron chi connectivity index (χ2n) is 5.13. The molecule has 0 aliphatic heterocycles. The Labute approximate surface area is 149 Å². The predicted molar refractivity (Wildman–Crippen MR) is 91.1 cm³/mol. The molecule has 1 aliphatic carbocycles. The Bertz CT molecular complexity index is 734. The minimum atomic E-state index is -4.55. The SMILES string of the molecule is FC(F)(F)c1cc(Nc2ccc(I)cc2Cl)nc(NC2CC2)n1. The molecule has 23 heavy (non-hydrogen) atoms. The van der Waals surface area contributed by atoms with E-state index in [9.17, 15) is 13.2 Å². The van der Waals surface area contributed by atoms with Crippen LogP contribution in [0.4, 0.5) is 30.6 Å². The van der Waals surface area contributed by atoms with E-state index in [0.29, 0.717) is 10.7 Å².